The van der Waals surface area contributed by atoms with E-state index in [1.165, 1.54) is 24.3 Å². The topological polar surface area (TPSA) is 96.3 Å². The first kappa shape index (κ1) is 19.9. The number of aryl methyl sites for hydroxylation is 3. The summed E-state index contributed by atoms with van der Waals surface area (Å²) in [7, 11) is 0. The van der Waals surface area contributed by atoms with Gasteiger partial charge in [-0.25, -0.2) is 4.79 Å². The lowest BCUT2D eigenvalue weighted by molar-refractivity contribution is -0.115. The Morgan fingerprint density at radius 3 is 2.19 bits per heavy atom. The van der Waals surface area contributed by atoms with Crippen LogP contribution in [0.15, 0.2) is 36.4 Å². The molecule has 6 heteroatoms. The third-order valence-electron chi connectivity index (χ3n) is 3.93. The normalized spacial score (nSPS) is 10.0. The first-order valence-corrected chi connectivity index (χ1v) is 8.37. The van der Waals surface area contributed by atoms with E-state index >= 15 is 0 Å². The molecule has 6 nitrogen and oxygen atoms in total. The van der Waals surface area contributed by atoms with E-state index in [-0.39, 0.29) is 24.4 Å². The van der Waals surface area contributed by atoms with E-state index in [0.717, 1.165) is 16.7 Å². The predicted octanol–water partition coefficient (Wildman–Crippen LogP) is 3.50. The third-order valence-corrected chi connectivity index (χ3v) is 3.93. The zero-order chi connectivity index (χ0) is 20.0. The third kappa shape index (κ3) is 5.25. The molecule has 0 aliphatic carbocycles. The lowest BCUT2D eigenvalue weighted by Gasteiger charge is -2.11. The molecule has 0 unspecified atom stereocenters. The molecule has 0 aliphatic heterocycles. The second kappa shape index (κ2) is 8.77. The predicted molar refractivity (Wildman–Crippen MR) is 101 cm³/mol. The number of rotatable bonds is 6. The van der Waals surface area contributed by atoms with Gasteiger partial charge in [0.25, 0.3) is 0 Å². The lowest BCUT2D eigenvalue weighted by atomic mass is 9.97. The van der Waals surface area contributed by atoms with E-state index in [2.05, 4.69) is 5.32 Å². The molecule has 2 rings (SSSR count). The van der Waals surface area contributed by atoms with Crippen LogP contribution < -0.4 is 5.32 Å². The number of hydrogen-bond acceptors (Lipinski definition) is 5. The van der Waals surface area contributed by atoms with Gasteiger partial charge >= 0.3 is 5.97 Å². The minimum atomic E-state index is -0.624. The Bertz CT molecular complexity index is 901. The number of ketones is 1. The van der Waals surface area contributed by atoms with Crippen LogP contribution >= 0.6 is 0 Å². The maximum atomic E-state index is 12.4. The molecule has 0 spiro atoms. The largest absolute Gasteiger partial charge is 0.454 e. The summed E-state index contributed by atoms with van der Waals surface area (Å²) in [5.41, 5.74) is 4.08. The van der Waals surface area contributed by atoms with Crippen LogP contribution in [0.5, 0.6) is 0 Å². The van der Waals surface area contributed by atoms with Gasteiger partial charge in [-0.05, 0) is 56.2 Å². The van der Waals surface area contributed by atoms with E-state index in [1.807, 2.05) is 32.9 Å². The van der Waals surface area contributed by atoms with Gasteiger partial charge in [-0.3, -0.25) is 9.59 Å². The number of esters is 1. The van der Waals surface area contributed by atoms with E-state index < -0.39 is 11.9 Å². The van der Waals surface area contributed by atoms with Crippen molar-refractivity contribution in [3.63, 3.8) is 0 Å². The van der Waals surface area contributed by atoms with Crippen molar-refractivity contribution in [3.8, 4) is 6.07 Å². The number of benzene rings is 2. The summed E-state index contributed by atoms with van der Waals surface area (Å²) < 4.78 is 5.13. The maximum Gasteiger partial charge on any atom is 0.338 e. The minimum absolute atomic E-state index is 0.246. The zero-order valence-corrected chi connectivity index (χ0v) is 15.5. The molecular formula is C21H20N2O4. The van der Waals surface area contributed by atoms with Crippen LogP contribution in [-0.2, 0) is 9.53 Å². The van der Waals surface area contributed by atoms with Gasteiger partial charge in [0, 0.05) is 11.3 Å². The van der Waals surface area contributed by atoms with Gasteiger partial charge in [0.1, 0.15) is 6.42 Å². The monoisotopic (exact) mass is 364 g/mol. The van der Waals surface area contributed by atoms with Gasteiger partial charge in [-0.2, -0.15) is 5.26 Å². The number of carbonyl (C=O) groups is 3. The van der Waals surface area contributed by atoms with E-state index in [4.69, 9.17) is 10.00 Å². The Hall–Kier alpha value is -3.46. The summed E-state index contributed by atoms with van der Waals surface area (Å²) in [5.74, 6) is -1.30. The number of ether oxygens (including phenoxy) is 1. The number of nitriles is 1. The minimum Gasteiger partial charge on any atom is -0.454 e. The molecule has 1 N–H and O–H groups in total. The zero-order valence-electron chi connectivity index (χ0n) is 15.5. The highest BCUT2D eigenvalue weighted by Crippen LogP contribution is 2.17. The van der Waals surface area contributed by atoms with Gasteiger partial charge in [-0.15, -0.1) is 0 Å². The lowest BCUT2D eigenvalue weighted by Crippen LogP contribution is -2.16. The van der Waals surface area contributed by atoms with Crippen molar-refractivity contribution in [3.05, 3.63) is 64.2 Å². The maximum absolute atomic E-state index is 12.4. The van der Waals surface area contributed by atoms with Crippen molar-refractivity contribution >= 4 is 23.3 Å². The number of nitrogens with one attached hydrogen (secondary N) is 1. The van der Waals surface area contributed by atoms with Gasteiger partial charge in [0.05, 0.1) is 11.6 Å². The molecule has 138 valence electrons. The molecule has 0 aromatic heterocycles. The summed E-state index contributed by atoms with van der Waals surface area (Å²) in [6, 6.07) is 11.6. The average Bonchev–Trinajstić information content (AvgIpc) is 2.59. The highest BCUT2D eigenvalue weighted by Gasteiger charge is 2.16. The van der Waals surface area contributed by atoms with Gasteiger partial charge in [0.2, 0.25) is 11.7 Å². The van der Waals surface area contributed by atoms with Gasteiger partial charge in [-0.1, -0.05) is 17.7 Å². The first-order chi connectivity index (χ1) is 12.8. The molecular weight excluding hydrogens is 344 g/mol. The molecule has 0 saturated heterocycles. The molecule has 0 aliphatic rings. The molecule has 0 heterocycles. The summed E-state index contributed by atoms with van der Waals surface area (Å²) in [6.07, 6.45) is -0.246. The van der Waals surface area contributed by atoms with Crippen molar-refractivity contribution in [2.24, 2.45) is 0 Å². The molecule has 1 amide bonds. The Labute approximate surface area is 157 Å². The second-order valence-electron chi connectivity index (χ2n) is 6.23. The van der Waals surface area contributed by atoms with Crippen molar-refractivity contribution < 1.29 is 19.1 Å². The Balaban J connectivity index is 1.99. The van der Waals surface area contributed by atoms with Crippen molar-refractivity contribution in [1.29, 1.82) is 5.26 Å². The first-order valence-electron chi connectivity index (χ1n) is 8.37. The van der Waals surface area contributed by atoms with E-state index in [0.29, 0.717) is 11.3 Å². The molecule has 27 heavy (non-hydrogen) atoms. The summed E-state index contributed by atoms with van der Waals surface area (Å²) in [6.45, 7) is 5.33. The van der Waals surface area contributed by atoms with Crippen molar-refractivity contribution in [1.82, 2.24) is 0 Å². The molecule has 0 bridgehead atoms. The van der Waals surface area contributed by atoms with Crippen LogP contribution in [0.2, 0.25) is 0 Å². The van der Waals surface area contributed by atoms with Crippen molar-refractivity contribution in [2.45, 2.75) is 27.2 Å². The molecule has 2 aromatic rings. The van der Waals surface area contributed by atoms with E-state index in [1.54, 1.807) is 6.07 Å². The second-order valence-corrected chi connectivity index (χ2v) is 6.23. The number of amides is 1. The van der Waals surface area contributed by atoms with Crippen LogP contribution in [0.25, 0.3) is 0 Å². The molecule has 0 radical (unpaired) electrons. The Morgan fingerprint density at radius 1 is 1.04 bits per heavy atom. The van der Waals surface area contributed by atoms with Gasteiger partial charge in [0.15, 0.2) is 6.61 Å². The smallest absolute Gasteiger partial charge is 0.338 e. The number of Topliss-reactive ketones (excluding diaryl/α,β-unsaturated/α-hetero) is 1. The van der Waals surface area contributed by atoms with Crippen LogP contribution in [0.1, 0.15) is 43.8 Å². The highest BCUT2D eigenvalue weighted by atomic mass is 16.5. The number of hydrogen-bond donors (Lipinski definition) is 1. The number of carbonyl (C=O) groups excluding carboxylic acids is 3. The summed E-state index contributed by atoms with van der Waals surface area (Å²) >= 11 is 0. The fourth-order valence-electron chi connectivity index (χ4n) is 2.87. The van der Waals surface area contributed by atoms with E-state index in [9.17, 15) is 14.4 Å². The van der Waals surface area contributed by atoms with Crippen LogP contribution in [0.4, 0.5) is 5.69 Å². The van der Waals surface area contributed by atoms with Crippen molar-refractivity contribution in [2.75, 3.05) is 11.9 Å². The average molecular weight is 364 g/mol. The SMILES string of the molecule is Cc1cc(C)c(C(=O)COC(=O)c2ccc(NC(=O)CC#N)cc2)c(C)c1. The number of anilines is 1. The summed E-state index contributed by atoms with van der Waals surface area (Å²) in [5, 5.41) is 11.0. The Kier molecular flexibility index (Phi) is 6.45. The molecule has 0 fully saturated rings. The van der Waals surface area contributed by atoms with Crippen LogP contribution in [-0.4, -0.2) is 24.3 Å². The number of nitrogens with zero attached hydrogens (tertiary/aromatic N) is 1. The Morgan fingerprint density at radius 2 is 1.63 bits per heavy atom. The van der Waals surface area contributed by atoms with Crippen LogP contribution in [0.3, 0.4) is 0 Å². The standard InChI is InChI=1S/C21H20N2O4/c1-13-10-14(2)20(15(3)11-13)18(24)12-27-21(26)16-4-6-17(7-5-16)23-19(25)8-9-22/h4-7,10-11H,8,12H2,1-3H3,(H,23,25). The molecule has 2 aromatic carbocycles. The summed E-state index contributed by atoms with van der Waals surface area (Å²) in [4.78, 5) is 35.9. The quantitative estimate of drug-likeness (QED) is 0.625. The fraction of sp³-hybridized carbons (Fsp3) is 0.238. The fourth-order valence-corrected chi connectivity index (χ4v) is 2.87. The van der Waals surface area contributed by atoms with Crippen LogP contribution in [0, 0.1) is 32.1 Å². The van der Waals surface area contributed by atoms with Gasteiger partial charge < -0.3 is 10.1 Å². The molecule has 0 saturated carbocycles. The highest BCUT2D eigenvalue weighted by molar-refractivity contribution is 6.01. The molecule has 0 atom stereocenters.